The molecule has 1 aromatic rings. The predicted octanol–water partition coefficient (Wildman–Crippen LogP) is 1.49. The minimum atomic E-state index is -0.559. The van der Waals surface area contributed by atoms with Gasteiger partial charge in [-0.05, 0) is 12.1 Å². The van der Waals surface area contributed by atoms with E-state index in [2.05, 4.69) is 10.1 Å². The lowest BCUT2D eigenvalue weighted by atomic mass is 10.3. The normalized spacial score (nSPS) is 9.40. The van der Waals surface area contributed by atoms with Crippen LogP contribution in [0.25, 0.3) is 0 Å². The molecule has 0 saturated carbocycles. The molecule has 3 N–H and O–H groups in total. The van der Waals surface area contributed by atoms with Crippen LogP contribution < -0.4 is 10.1 Å². The number of rotatable bonds is 5. The molecule has 0 unspecified atom stereocenters. The van der Waals surface area contributed by atoms with Gasteiger partial charge in [0.15, 0.2) is 12.4 Å². The van der Waals surface area contributed by atoms with Gasteiger partial charge in [0.25, 0.3) is 5.91 Å². The fourth-order valence-electron chi connectivity index (χ4n) is 1.10. The fraction of sp³-hybridized carbons (Fsp3) is 0.273. The quantitative estimate of drug-likeness (QED) is 0.818. The van der Waals surface area contributed by atoms with Gasteiger partial charge < -0.3 is 20.3 Å². The third kappa shape index (κ3) is 5.83. The maximum Gasteiger partial charge on any atom is 0.325 e. The van der Waals surface area contributed by atoms with Gasteiger partial charge in [-0.1, -0.05) is 34.8 Å². The Bertz CT molecular complexity index is 472. The number of carbonyl (C=O) groups excluding carboxylic acids is 2. The van der Waals surface area contributed by atoms with E-state index in [0.29, 0.717) is 5.02 Å². The summed E-state index contributed by atoms with van der Waals surface area (Å²) < 4.78 is 9.53. The van der Waals surface area contributed by atoms with Gasteiger partial charge in [0.2, 0.25) is 0 Å². The maximum atomic E-state index is 11.4. The molecule has 0 radical (unpaired) electrons. The number of halogens is 3. The summed E-state index contributed by atoms with van der Waals surface area (Å²) in [6.07, 6.45) is 0. The van der Waals surface area contributed by atoms with Crippen LogP contribution in [0.3, 0.4) is 0 Å². The molecule has 0 spiro atoms. The molecule has 1 amide bonds. The van der Waals surface area contributed by atoms with Gasteiger partial charge >= 0.3 is 5.97 Å². The van der Waals surface area contributed by atoms with Crippen molar-refractivity contribution in [3.63, 3.8) is 0 Å². The van der Waals surface area contributed by atoms with Crippen molar-refractivity contribution in [1.82, 2.24) is 5.32 Å². The monoisotopic (exact) mass is 343 g/mol. The Labute approximate surface area is 130 Å². The summed E-state index contributed by atoms with van der Waals surface area (Å²) in [6.45, 7) is -0.571. The standard InChI is InChI=1S/C11H10Cl3NO4.H2O/c1-18-10(17)4-15-9(16)5-19-11-7(13)2-6(12)3-8(11)14;/h2-3H,4-5H2,1H3,(H,15,16);1H2. The smallest absolute Gasteiger partial charge is 0.325 e. The molecule has 0 saturated heterocycles. The van der Waals surface area contributed by atoms with Crippen LogP contribution in [0, 0.1) is 0 Å². The van der Waals surface area contributed by atoms with Crippen molar-refractivity contribution in [1.29, 1.82) is 0 Å². The van der Waals surface area contributed by atoms with Gasteiger partial charge in [-0.25, -0.2) is 0 Å². The number of benzene rings is 1. The number of methoxy groups -OCH3 is 1. The maximum absolute atomic E-state index is 11.4. The Hall–Kier alpha value is -1.21. The Kier molecular flexibility index (Phi) is 8.33. The molecule has 0 aromatic heterocycles. The van der Waals surface area contributed by atoms with Crippen LogP contribution in [-0.2, 0) is 14.3 Å². The summed E-state index contributed by atoms with van der Waals surface area (Å²) in [5, 5.41) is 3.05. The Morgan fingerprint density at radius 1 is 1.20 bits per heavy atom. The van der Waals surface area contributed by atoms with Crippen LogP contribution in [0.2, 0.25) is 15.1 Å². The predicted molar refractivity (Wildman–Crippen MR) is 75.6 cm³/mol. The number of amides is 1. The summed E-state index contributed by atoms with van der Waals surface area (Å²) in [4.78, 5) is 22.2. The number of ether oxygens (including phenoxy) is 2. The largest absolute Gasteiger partial charge is 0.481 e. The molecule has 20 heavy (non-hydrogen) atoms. The highest BCUT2D eigenvalue weighted by Crippen LogP contribution is 2.35. The molecular weight excluding hydrogens is 332 g/mol. The van der Waals surface area contributed by atoms with Gasteiger partial charge in [0.05, 0.1) is 17.2 Å². The van der Waals surface area contributed by atoms with Crippen LogP contribution in [0.5, 0.6) is 5.75 Å². The molecule has 1 aromatic carbocycles. The van der Waals surface area contributed by atoms with Crippen molar-refractivity contribution in [3.8, 4) is 5.75 Å². The van der Waals surface area contributed by atoms with Crippen LogP contribution in [0.1, 0.15) is 0 Å². The average molecular weight is 345 g/mol. The van der Waals surface area contributed by atoms with E-state index in [1.807, 2.05) is 0 Å². The molecular formula is C11H12Cl3NO5. The van der Waals surface area contributed by atoms with E-state index < -0.39 is 11.9 Å². The highest BCUT2D eigenvalue weighted by atomic mass is 35.5. The minimum Gasteiger partial charge on any atom is -0.481 e. The summed E-state index contributed by atoms with van der Waals surface area (Å²) in [7, 11) is 1.22. The summed E-state index contributed by atoms with van der Waals surface area (Å²) in [5.74, 6) is -0.913. The zero-order valence-corrected chi connectivity index (χ0v) is 12.6. The van der Waals surface area contributed by atoms with E-state index >= 15 is 0 Å². The summed E-state index contributed by atoms with van der Waals surface area (Å²) in [6, 6.07) is 2.88. The van der Waals surface area contributed by atoms with Gasteiger partial charge in [-0.3, -0.25) is 9.59 Å². The van der Waals surface area contributed by atoms with E-state index in [1.165, 1.54) is 19.2 Å². The van der Waals surface area contributed by atoms with E-state index in [1.54, 1.807) is 0 Å². The Morgan fingerprint density at radius 2 is 1.75 bits per heavy atom. The first kappa shape index (κ1) is 18.8. The van der Waals surface area contributed by atoms with E-state index in [-0.39, 0.29) is 34.4 Å². The second kappa shape index (κ2) is 8.86. The number of hydrogen-bond donors (Lipinski definition) is 1. The lowest BCUT2D eigenvalue weighted by Gasteiger charge is -2.10. The molecule has 0 atom stereocenters. The SMILES string of the molecule is COC(=O)CNC(=O)COc1c(Cl)cc(Cl)cc1Cl.O. The van der Waals surface area contributed by atoms with Crippen molar-refractivity contribution in [2.45, 2.75) is 0 Å². The lowest BCUT2D eigenvalue weighted by Crippen LogP contribution is -2.33. The van der Waals surface area contributed by atoms with Crippen molar-refractivity contribution in [3.05, 3.63) is 27.2 Å². The van der Waals surface area contributed by atoms with E-state index in [4.69, 9.17) is 39.5 Å². The third-order valence-corrected chi connectivity index (χ3v) is 2.75. The molecule has 0 aliphatic rings. The molecule has 1 rings (SSSR count). The molecule has 0 aliphatic heterocycles. The molecule has 0 fully saturated rings. The number of carbonyl (C=O) groups is 2. The topological polar surface area (TPSA) is 96.1 Å². The van der Waals surface area contributed by atoms with Crippen LogP contribution in [-0.4, -0.2) is 37.6 Å². The first-order valence-corrected chi connectivity index (χ1v) is 6.18. The first-order chi connectivity index (χ1) is 8.93. The van der Waals surface area contributed by atoms with Crippen LogP contribution in [0.15, 0.2) is 12.1 Å². The lowest BCUT2D eigenvalue weighted by molar-refractivity contribution is -0.141. The number of hydrogen-bond acceptors (Lipinski definition) is 4. The van der Waals surface area contributed by atoms with Crippen LogP contribution >= 0.6 is 34.8 Å². The number of esters is 1. The van der Waals surface area contributed by atoms with Crippen molar-refractivity contribution < 1.29 is 24.5 Å². The molecule has 0 heterocycles. The van der Waals surface area contributed by atoms with Gasteiger partial charge in [-0.2, -0.15) is 0 Å². The molecule has 9 heteroatoms. The second-order valence-corrected chi connectivity index (χ2v) is 4.59. The summed E-state index contributed by atoms with van der Waals surface area (Å²) in [5.41, 5.74) is 0. The number of nitrogens with one attached hydrogen (secondary N) is 1. The van der Waals surface area contributed by atoms with Gasteiger partial charge in [0.1, 0.15) is 6.54 Å². The third-order valence-electron chi connectivity index (χ3n) is 1.97. The molecule has 0 bridgehead atoms. The Balaban J connectivity index is 0.00000361. The zero-order valence-electron chi connectivity index (χ0n) is 10.3. The first-order valence-electron chi connectivity index (χ1n) is 5.05. The van der Waals surface area contributed by atoms with Gasteiger partial charge in [0, 0.05) is 5.02 Å². The highest BCUT2D eigenvalue weighted by Gasteiger charge is 2.12. The Morgan fingerprint density at radius 3 is 2.25 bits per heavy atom. The fourth-order valence-corrected chi connectivity index (χ4v) is 2.02. The van der Waals surface area contributed by atoms with Crippen molar-refractivity contribution in [2.24, 2.45) is 0 Å². The highest BCUT2D eigenvalue weighted by molar-refractivity contribution is 6.40. The molecule has 0 aliphatic carbocycles. The molecule has 6 nitrogen and oxygen atoms in total. The van der Waals surface area contributed by atoms with Crippen LogP contribution in [0.4, 0.5) is 0 Å². The zero-order chi connectivity index (χ0) is 14.4. The van der Waals surface area contributed by atoms with Crippen molar-refractivity contribution in [2.75, 3.05) is 20.3 Å². The van der Waals surface area contributed by atoms with E-state index in [0.717, 1.165) is 0 Å². The average Bonchev–Trinajstić information content (AvgIpc) is 2.34. The molecule has 112 valence electrons. The summed E-state index contributed by atoms with van der Waals surface area (Å²) >= 11 is 17.5. The minimum absolute atomic E-state index is 0. The van der Waals surface area contributed by atoms with Crippen molar-refractivity contribution >= 4 is 46.7 Å². The van der Waals surface area contributed by atoms with E-state index in [9.17, 15) is 9.59 Å². The second-order valence-electron chi connectivity index (χ2n) is 3.34. The van der Waals surface area contributed by atoms with Gasteiger partial charge in [-0.15, -0.1) is 0 Å².